The van der Waals surface area contributed by atoms with Crippen LogP contribution < -0.4 is 5.32 Å². The fourth-order valence-electron chi connectivity index (χ4n) is 3.01. The van der Waals surface area contributed by atoms with Gasteiger partial charge in [-0.2, -0.15) is 0 Å². The predicted molar refractivity (Wildman–Crippen MR) is 90.3 cm³/mol. The highest BCUT2D eigenvalue weighted by atomic mass is 16.6. The molecule has 1 saturated heterocycles. The van der Waals surface area contributed by atoms with Gasteiger partial charge in [-0.3, -0.25) is 0 Å². The summed E-state index contributed by atoms with van der Waals surface area (Å²) >= 11 is 0. The smallest absolute Gasteiger partial charge is 0.410 e. The molecule has 0 radical (unpaired) electrons. The van der Waals surface area contributed by atoms with Crippen LogP contribution in [0.2, 0.25) is 0 Å². The van der Waals surface area contributed by atoms with Crippen molar-refractivity contribution in [1.29, 1.82) is 0 Å². The second-order valence-corrected chi connectivity index (χ2v) is 7.93. The minimum Gasteiger partial charge on any atom is -0.465 e. The Balaban J connectivity index is 1.84. The molecular weight excluding hydrogens is 292 g/mol. The summed E-state index contributed by atoms with van der Waals surface area (Å²) < 4.78 is 11.1. The molecule has 0 saturated carbocycles. The van der Waals surface area contributed by atoms with Crippen molar-refractivity contribution in [2.24, 2.45) is 5.41 Å². The number of carbonyl (C=O) groups excluding carboxylic acids is 1. The van der Waals surface area contributed by atoms with Crippen molar-refractivity contribution in [3.05, 3.63) is 23.7 Å². The number of aryl methyl sites for hydroxylation is 1. The van der Waals surface area contributed by atoms with Crippen LogP contribution in [0.4, 0.5) is 4.79 Å². The maximum Gasteiger partial charge on any atom is 0.410 e. The number of nitrogens with zero attached hydrogens (tertiary/aromatic N) is 1. The molecule has 23 heavy (non-hydrogen) atoms. The standard InChI is InChI=1S/C18H30N2O3/c1-14-7-8-15(22-14)11-19-12-18(5)9-6-10-20(13-18)16(21)23-17(2,3)4/h7-8,19H,6,9-13H2,1-5H3. The zero-order valence-electron chi connectivity index (χ0n) is 15.1. The normalized spacial score (nSPS) is 22.2. The lowest BCUT2D eigenvalue weighted by atomic mass is 9.82. The van der Waals surface area contributed by atoms with Crippen LogP contribution in [0.15, 0.2) is 16.5 Å². The van der Waals surface area contributed by atoms with Crippen molar-refractivity contribution in [2.45, 2.75) is 59.6 Å². The molecule has 1 fully saturated rings. The Hall–Kier alpha value is -1.49. The number of furan rings is 1. The molecule has 0 spiro atoms. The zero-order chi connectivity index (χ0) is 17.1. The number of carbonyl (C=O) groups is 1. The van der Waals surface area contributed by atoms with E-state index in [1.165, 1.54) is 0 Å². The molecule has 1 N–H and O–H groups in total. The van der Waals surface area contributed by atoms with Crippen LogP contribution in [0.1, 0.15) is 52.1 Å². The van der Waals surface area contributed by atoms with Gasteiger partial charge < -0.3 is 19.4 Å². The number of piperidine rings is 1. The SMILES string of the molecule is Cc1ccc(CNCC2(C)CCCN(C(=O)OC(C)(C)C)C2)o1. The fourth-order valence-corrected chi connectivity index (χ4v) is 3.01. The molecule has 1 aliphatic heterocycles. The van der Waals surface area contributed by atoms with E-state index in [1.807, 2.05) is 44.7 Å². The molecule has 1 amide bonds. The highest BCUT2D eigenvalue weighted by Gasteiger charge is 2.34. The Bertz CT molecular complexity index is 533. The minimum atomic E-state index is -0.444. The first-order chi connectivity index (χ1) is 10.7. The van der Waals surface area contributed by atoms with Crippen LogP contribution in [0.3, 0.4) is 0 Å². The third-order valence-corrected chi connectivity index (χ3v) is 4.08. The monoisotopic (exact) mass is 322 g/mol. The lowest BCUT2D eigenvalue weighted by Gasteiger charge is -2.41. The predicted octanol–water partition coefficient (Wildman–Crippen LogP) is 3.71. The first kappa shape index (κ1) is 17.9. The van der Waals surface area contributed by atoms with E-state index >= 15 is 0 Å². The van der Waals surface area contributed by atoms with Gasteiger partial charge in [0.05, 0.1) is 6.54 Å². The van der Waals surface area contributed by atoms with E-state index in [1.54, 1.807) is 0 Å². The van der Waals surface area contributed by atoms with Crippen LogP contribution in [0.5, 0.6) is 0 Å². The zero-order valence-corrected chi connectivity index (χ0v) is 15.1. The third kappa shape index (κ3) is 5.57. The van der Waals surface area contributed by atoms with Crippen LogP contribution in [0, 0.1) is 12.3 Å². The average molecular weight is 322 g/mol. The summed E-state index contributed by atoms with van der Waals surface area (Å²) in [5.41, 5.74) is -0.378. The summed E-state index contributed by atoms with van der Waals surface area (Å²) in [4.78, 5) is 14.1. The summed E-state index contributed by atoms with van der Waals surface area (Å²) in [6.45, 7) is 13.0. The Kier molecular flexibility index (Phi) is 5.40. The molecule has 1 aromatic rings. The van der Waals surface area contributed by atoms with Gasteiger partial charge in [-0.05, 0) is 58.1 Å². The third-order valence-electron chi connectivity index (χ3n) is 4.08. The first-order valence-corrected chi connectivity index (χ1v) is 8.41. The quantitative estimate of drug-likeness (QED) is 0.918. The number of hydrogen-bond donors (Lipinski definition) is 1. The molecule has 5 heteroatoms. The summed E-state index contributed by atoms with van der Waals surface area (Å²) in [5, 5.41) is 3.46. The Morgan fingerprint density at radius 1 is 1.43 bits per heavy atom. The summed E-state index contributed by atoms with van der Waals surface area (Å²) in [6, 6.07) is 3.97. The number of hydrogen-bond acceptors (Lipinski definition) is 4. The largest absolute Gasteiger partial charge is 0.465 e. The van der Waals surface area contributed by atoms with Gasteiger partial charge in [0.1, 0.15) is 17.1 Å². The van der Waals surface area contributed by atoms with E-state index in [2.05, 4.69) is 12.2 Å². The lowest BCUT2D eigenvalue weighted by Crippen LogP contribution is -2.50. The van der Waals surface area contributed by atoms with Crippen molar-refractivity contribution in [3.8, 4) is 0 Å². The van der Waals surface area contributed by atoms with E-state index in [9.17, 15) is 4.79 Å². The van der Waals surface area contributed by atoms with Gasteiger partial charge in [-0.15, -0.1) is 0 Å². The first-order valence-electron chi connectivity index (χ1n) is 8.41. The van der Waals surface area contributed by atoms with Crippen molar-refractivity contribution in [3.63, 3.8) is 0 Å². The Labute approximate surface area is 139 Å². The minimum absolute atomic E-state index is 0.0663. The number of rotatable bonds is 4. The topological polar surface area (TPSA) is 54.7 Å². The molecule has 1 atom stereocenters. The van der Waals surface area contributed by atoms with E-state index in [0.29, 0.717) is 0 Å². The van der Waals surface area contributed by atoms with Crippen LogP contribution in [-0.4, -0.2) is 36.2 Å². The van der Waals surface area contributed by atoms with Crippen LogP contribution >= 0.6 is 0 Å². The molecule has 0 aliphatic carbocycles. The average Bonchev–Trinajstić information content (AvgIpc) is 2.82. The van der Waals surface area contributed by atoms with Crippen molar-refractivity contribution >= 4 is 6.09 Å². The molecular formula is C18H30N2O3. The van der Waals surface area contributed by atoms with E-state index < -0.39 is 5.60 Å². The second kappa shape index (κ2) is 6.95. The number of amides is 1. The van der Waals surface area contributed by atoms with E-state index in [-0.39, 0.29) is 11.5 Å². The molecule has 1 unspecified atom stereocenters. The molecule has 5 nitrogen and oxygen atoms in total. The maximum atomic E-state index is 12.3. The van der Waals surface area contributed by atoms with Gasteiger partial charge in [-0.25, -0.2) is 4.79 Å². The number of nitrogens with one attached hydrogen (secondary N) is 1. The molecule has 1 aliphatic rings. The molecule has 0 bridgehead atoms. The summed E-state index contributed by atoms with van der Waals surface area (Å²) in [5.74, 6) is 1.88. The van der Waals surface area contributed by atoms with Gasteiger partial charge in [0.15, 0.2) is 0 Å². The van der Waals surface area contributed by atoms with Crippen LogP contribution in [-0.2, 0) is 11.3 Å². The Morgan fingerprint density at radius 2 is 2.17 bits per heavy atom. The van der Waals surface area contributed by atoms with Crippen molar-refractivity contribution in [1.82, 2.24) is 10.2 Å². The number of likely N-dealkylation sites (tertiary alicyclic amines) is 1. The maximum absolute atomic E-state index is 12.3. The van der Waals surface area contributed by atoms with E-state index in [4.69, 9.17) is 9.15 Å². The highest BCUT2D eigenvalue weighted by molar-refractivity contribution is 5.68. The van der Waals surface area contributed by atoms with Gasteiger partial charge in [0, 0.05) is 19.6 Å². The van der Waals surface area contributed by atoms with E-state index in [0.717, 1.165) is 50.5 Å². The summed E-state index contributed by atoms with van der Waals surface area (Å²) in [6.07, 6.45) is 1.92. The number of ether oxygens (including phenoxy) is 1. The van der Waals surface area contributed by atoms with Crippen LogP contribution in [0.25, 0.3) is 0 Å². The molecule has 2 rings (SSSR count). The van der Waals surface area contributed by atoms with Gasteiger partial charge >= 0.3 is 6.09 Å². The van der Waals surface area contributed by atoms with Gasteiger partial charge in [-0.1, -0.05) is 6.92 Å². The lowest BCUT2D eigenvalue weighted by molar-refractivity contribution is 0.00669. The van der Waals surface area contributed by atoms with Gasteiger partial charge in [0.2, 0.25) is 0 Å². The molecule has 2 heterocycles. The summed E-state index contributed by atoms with van der Waals surface area (Å²) in [7, 11) is 0. The van der Waals surface area contributed by atoms with Crippen molar-refractivity contribution in [2.75, 3.05) is 19.6 Å². The Morgan fingerprint density at radius 3 is 2.78 bits per heavy atom. The molecule has 1 aromatic heterocycles. The molecule has 0 aromatic carbocycles. The van der Waals surface area contributed by atoms with Crippen molar-refractivity contribution < 1.29 is 13.9 Å². The molecule has 130 valence electrons. The fraction of sp³-hybridized carbons (Fsp3) is 0.722. The van der Waals surface area contributed by atoms with Gasteiger partial charge in [0.25, 0.3) is 0 Å². The second-order valence-electron chi connectivity index (χ2n) is 7.93. The highest BCUT2D eigenvalue weighted by Crippen LogP contribution is 2.29.